The minimum Gasteiger partial charge on any atom is -0.480 e. The van der Waals surface area contributed by atoms with Crippen LogP contribution < -0.4 is 14.5 Å². The molecule has 7 nitrogen and oxygen atoms in total. The standard InChI is InChI=1S/C15H18BrClN6O/c1-22(14-18-7-10(17)8-19-14)11-3-5-23(6-4-11)15-20-9-12(16)13(21-15)24-2/h7-9,11H,3-6H2,1-2H3. The van der Waals surface area contributed by atoms with Crippen LogP contribution in [0.15, 0.2) is 23.1 Å². The minimum atomic E-state index is 0.375. The molecule has 3 heterocycles. The van der Waals surface area contributed by atoms with Crippen LogP contribution in [0.3, 0.4) is 0 Å². The molecule has 0 radical (unpaired) electrons. The maximum atomic E-state index is 5.85. The fraction of sp³-hybridized carbons (Fsp3) is 0.467. The molecule has 0 amide bonds. The molecule has 2 aromatic heterocycles. The Morgan fingerprint density at radius 2 is 1.88 bits per heavy atom. The van der Waals surface area contributed by atoms with Gasteiger partial charge in [0.15, 0.2) is 0 Å². The second kappa shape index (κ2) is 7.48. The molecule has 1 saturated heterocycles. The van der Waals surface area contributed by atoms with Crippen molar-refractivity contribution in [1.82, 2.24) is 19.9 Å². The first-order valence-electron chi connectivity index (χ1n) is 7.60. The Morgan fingerprint density at radius 1 is 1.21 bits per heavy atom. The normalized spacial score (nSPS) is 15.4. The van der Waals surface area contributed by atoms with Gasteiger partial charge in [-0.15, -0.1) is 0 Å². The van der Waals surface area contributed by atoms with Gasteiger partial charge < -0.3 is 14.5 Å². The number of anilines is 2. The van der Waals surface area contributed by atoms with E-state index < -0.39 is 0 Å². The maximum Gasteiger partial charge on any atom is 0.232 e. The molecule has 0 N–H and O–H groups in total. The fourth-order valence-corrected chi connectivity index (χ4v) is 3.19. The molecule has 0 spiro atoms. The highest BCUT2D eigenvalue weighted by Crippen LogP contribution is 2.26. The predicted octanol–water partition coefficient (Wildman–Crippen LogP) is 2.80. The molecular formula is C15H18BrClN6O. The van der Waals surface area contributed by atoms with Crippen molar-refractivity contribution in [3.8, 4) is 5.88 Å². The third kappa shape index (κ3) is 3.70. The number of halogens is 2. The second-order valence-corrected chi connectivity index (χ2v) is 6.85. The predicted molar refractivity (Wildman–Crippen MR) is 97.0 cm³/mol. The Bertz CT molecular complexity index is 693. The highest BCUT2D eigenvalue weighted by molar-refractivity contribution is 9.10. The molecule has 24 heavy (non-hydrogen) atoms. The average molecular weight is 414 g/mol. The summed E-state index contributed by atoms with van der Waals surface area (Å²) in [6.07, 6.45) is 6.92. The van der Waals surface area contributed by atoms with Gasteiger partial charge in [-0.1, -0.05) is 11.6 Å². The van der Waals surface area contributed by atoms with Gasteiger partial charge in [-0.2, -0.15) is 4.98 Å². The van der Waals surface area contributed by atoms with Crippen LogP contribution in [0, 0.1) is 0 Å². The average Bonchev–Trinajstić information content (AvgIpc) is 2.62. The van der Waals surface area contributed by atoms with Crippen molar-refractivity contribution in [3.63, 3.8) is 0 Å². The number of ether oxygens (including phenoxy) is 1. The first-order valence-corrected chi connectivity index (χ1v) is 8.77. The molecule has 0 aliphatic carbocycles. The zero-order valence-electron chi connectivity index (χ0n) is 13.5. The van der Waals surface area contributed by atoms with Crippen LogP contribution in [-0.2, 0) is 0 Å². The molecule has 3 rings (SSSR count). The molecule has 128 valence electrons. The topological polar surface area (TPSA) is 67.3 Å². The SMILES string of the molecule is COc1nc(N2CCC(N(C)c3ncc(Cl)cn3)CC2)ncc1Br. The van der Waals surface area contributed by atoms with Crippen molar-refractivity contribution in [1.29, 1.82) is 0 Å². The number of nitrogens with zero attached hydrogens (tertiary/aromatic N) is 6. The van der Waals surface area contributed by atoms with E-state index in [-0.39, 0.29) is 0 Å². The Morgan fingerprint density at radius 3 is 2.50 bits per heavy atom. The lowest BCUT2D eigenvalue weighted by Crippen LogP contribution is -2.44. The van der Waals surface area contributed by atoms with E-state index >= 15 is 0 Å². The summed E-state index contributed by atoms with van der Waals surface area (Å²) < 4.78 is 6.00. The van der Waals surface area contributed by atoms with Gasteiger partial charge in [0, 0.05) is 26.2 Å². The van der Waals surface area contributed by atoms with E-state index in [1.165, 1.54) is 0 Å². The number of piperidine rings is 1. The molecule has 0 atom stereocenters. The third-order valence-electron chi connectivity index (χ3n) is 4.11. The van der Waals surface area contributed by atoms with Gasteiger partial charge in [0.2, 0.25) is 17.8 Å². The number of aromatic nitrogens is 4. The van der Waals surface area contributed by atoms with Crippen LogP contribution in [0.4, 0.5) is 11.9 Å². The number of rotatable bonds is 4. The molecule has 1 fully saturated rings. The van der Waals surface area contributed by atoms with Gasteiger partial charge in [-0.25, -0.2) is 15.0 Å². The van der Waals surface area contributed by atoms with E-state index in [9.17, 15) is 0 Å². The van der Waals surface area contributed by atoms with Crippen LogP contribution in [0.25, 0.3) is 0 Å². The van der Waals surface area contributed by atoms with Gasteiger partial charge in [0.1, 0.15) is 0 Å². The van der Waals surface area contributed by atoms with Gasteiger partial charge in [0.25, 0.3) is 0 Å². The Hall–Kier alpha value is -1.67. The molecule has 1 aliphatic heterocycles. The quantitative estimate of drug-likeness (QED) is 0.763. The highest BCUT2D eigenvalue weighted by Gasteiger charge is 2.25. The van der Waals surface area contributed by atoms with Crippen molar-refractivity contribution < 1.29 is 4.74 Å². The van der Waals surface area contributed by atoms with Crippen molar-refractivity contribution >= 4 is 39.4 Å². The lowest BCUT2D eigenvalue weighted by atomic mass is 10.0. The van der Waals surface area contributed by atoms with E-state index in [2.05, 4.69) is 45.7 Å². The second-order valence-electron chi connectivity index (χ2n) is 5.56. The van der Waals surface area contributed by atoms with Crippen molar-refractivity contribution in [2.24, 2.45) is 0 Å². The van der Waals surface area contributed by atoms with Gasteiger partial charge in [-0.3, -0.25) is 0 Å². The van der Waals surface area contributed by atoms with Crippen molar-refractivity contribution in [3.05, 3.63) is 28.1 Å². The molecule has 1 aliphatic rings. The zero-order valence-corrected chi connectivity index (χ0v) is 15.8. The van der Waals surface area contributed by atoms with Crippen LogP contribution in [-0.4, -0.2) is 53.2 Å². The summed E-state index contributed by atoms with van der Waals surface area (Å²) in [6.45, 7) is 1.74. The van der Waals surface area contributed by atoms with Crippen LogP contribution >= 0.6 is 27.5 Å². The van der Waals surface area contributed by atoms with E-state index in [0.717, 1.165) is 30.4 Å². The van der Waals surface area contributed by atoms with Crippen molar-refractivity contribution in [2.75, 3.05) is 37.0 Å². The molecule has 2 aromatic rings. The number of hydrogen-bond acceptors (Lipinski definition) is 7. The van der Waals surface area contributed by atoms with E-state index in [4.69, 9.17) is 16.3 Å². The van der Waals surface area contributed by atoms with Crippen molar-refractivity contribution in [2.45, 2.75) is 18.9 Å². The lowest BCUT2D eigenvalue weighted by molar-refractivity contribution is 0.392. The summed E-state index contributed by atoms with van der Waals surface area (Å²) in [6, 6.07) is 0.375. The third-order valence-corrected chi connectivity index (χ3v) is 4.85. The molecule has 0 unspecified atom stereocenters. The summed E-state index contributed by atoms with van der Waals surface area (Å²) in [5.74, 6) is 1.94. The van der Waals surface area contributed by atoms with Gasteiger partial charge >= 0.3 is 0 Å². The summed E-state index contributed by atoms with van der Waals surface area (Å²) in [4.78, 5) is 21.7. The zero-order chi connectivity index (χ0) is 17.1. The molecular weight excluding hydrogens is 396 g/mol. The van der Waals surface area contributed by atoms with E-state index in [1.54, 1.807) is 25.7 Å². The molecule has 0 saturated carbocycles. The molecule has 9 heteroatoms. The number of hydrogen-bond donors (Lipinski definition) is 0. The Kier molecular flexibility index (Phi) is 5.35. The summed E-state index contributed by atoms with van der Waals surface area (Å²) >= 11 is 9.22. The monoisotopic (exact) mass is 412 g/mol. The van der Waals surface area contributed by atoms with Gasteiger partial charge in [0.05, 0.1) is 35.2 Å². The first kappa shape index (κ1) is 17.2. The maximum absolute atomic E-state index is 5.85. The lowest BCUT2D eigenvalue weighted by Gasteiger charge is -2.36. The smallest absolute Gasteiger partial charge is 0.232 e. The van der Waals surface area contributed by atoms with Crippen LogP contribution in [0.2, 0.25) is 5.02 Å². The minimum absolute atomic E-state index is 0.375. The van der Waals surface area contributed by atoms with Gasteiger partial charge in [-0.05, 0) is 28.8 Å². The summed E-state index contributed by atoms with van der Waals surface area (Å²) in [7, 11) is 3.62. The van der Waals surface area contributed by atoms with Crippen LogP contribution in [0.1, 0.15) is 12.8 Å². The van der Waals surface area contributed by atoms with E-state index in [0.29, 0.717) is 28.8 Å². The molecule has 0 aromatic carbocycles. The highest BCUT2D eigenvalue weighted by atomic mass is 79.9. The number of methoxy groups -OCH3 is 1. The Balaban J connectivity index is 1.64. The largest absolute Gasteiger partial charge is 0.480 e. The molecule has 0 bridgehead atoms. The summed E-state index contributed by atoms with van der Waals surface area (Å²) in [5.41, 5.74) is 0. The van der Waals surface area contributed by atoms with E-state index in [1.807, 2.05) is 7.05 Å². The fourth-order valence-electron chi connectivity index (χ4n) is 2.74. The first-order chi connectivity index (χ1) is 11.6. The Labute approximate surface area is 154 Å². The summed E-state index contributed by atoms with van der Waals surface area (Å²) in [5, 5.41) is 0.545. The van der Waals surface area contributed by atoms with Crippen LogP contribution in [0.5, 0.6) is 5.88 Å².